The van der Waals surface area contributed by atoms with Gasteiger partial charge in [-0.05, 0) is 48.5 Å². The molecule has 0 saturated heterocycles. The van der Waals surface area contributed by atoms with Gasteiger partial charge in [0.15, 0.2) is 17.5 Å². The Bertz CT molecular complexity index is 2790. The maximum absolute atomic E-state index is 6.73. The van der Waals surface area contributed by atoms with Crippen molar-refractivity contribution in [1.82, 2.24) is 24.5 Å². The third kappa shape index (κ3) is 4.58. The SMILES string of the molecule is c1ccc(-c2nc(-c3ccccc3)nc(-c3cc4oc5cc6c(cc5c4cc3-c3ccccn3)c3ccccc3n6-c3ccccc3)n2)cc1. The Hall–Kier alpha value is -6.92. The van der Waals surface area contributed by atoms with Gasteiger partial charge in [-0.2, -0.15) is 0 Å². The lowest BCUT2D eigenvalue weighted by Gasteiger charge is -2.12. The van der Waals surface area contributed by atoms with Crippen molar-refractivity contribution in [2.45, 2.75) is 0 Å². The number of nitrogens with zero attached hydrogens (tertiary/aromatic N) is 5. The highest BCUT2D eigenvalue weighted by atomic mass is 16.3. The van der Waals surface area contributed by atoms with Crippen LogP contribution >= 0.6 is 0 Å². The van der Waals surface area contributed by atoms with Gasteiger partial charge in [0.25, 0.3) is 0 Å². The molecule has 0 unspecified atom stereocenters. The minimum atomic E-state index is 0.549. The summed E-state index contributed by atoms with van der Waals surface area (Å²) in [5.41, 5.74) is 9.28. The lowest BCUT2D eigenvalue weighted by molar-refractivity contribution is 0.669. The van der Waals surface area contributed by atoms with Crippen LogP contribution in [0, 0.1) is 0 Å². The predicted octanol–water partition coefficient (Wildman–Crippen LogP) is 10.9. The minimum absolute atomic E-state index is 0.549. The van der Waals surface area contributed by atoms with Crippen LogP contribution in [0.2, 0.25) is 0 Å². The largest absolute Gasteiger partial charge is 0.456 e. The molecule has 0 aliphatic carbocycles. The van der Waals surface area contributed by atoms with E-state index in [1.807, 2.05) is 91.1 Å². The van der Waals surface area contributed by atoms with E-state index in [9.17, 15) is 0 Å². The van der Waals surface area contributed by atoms with Crippen LogP contribution in [0.15, 0.2) is 168 Å². The lowest BCUT2D eigenvalue weighted by atomic mass is 9.99. The molecule has 50 heavy (non-hydrogen) atoms. The van der Waals surface area contributed by atoms with E-state index >= 15 is 0 Å². The molecule has 0 fully saturated rings. The van der Waals surface area contributed by atoms with Crippen LogP contribution in [0.3, 0.4) is 0 Å². The number of benzene rings is 6. The molecule has 0 amide bonds. The van der Waals surface area contributed by atoms with Gasteiger partial charge in [0.05, 0.1) is 16.7 Å². The molecule has 234 valence electrons. The van der Waals surface area contributed by atoms with Crippen LogP contribution in [-0.4, -0.2) is 24.5 Å². The van der Waals surface area contributed by atoms with Gasteiger partial charge in [-0.25, -0.2) is 15.0 Å². The number of para-hydroxylation sites is 2. The number of fused-ring (bicyclic) bond motifs is 6. The number of hydrogen-bond acceptors (Lipinski definition) is 5. The molecule has 0 aliphatic rings. The first-order chi connectivity index (χ1) is 24.8. The lowest BCUT2D eigenvalue weighted by Crippen LogP contribution is -2.01. The molecule has 0 aliphatic heterocycles. The fourth-order valence-corrected chi connectivity index (χ4v) is 6.99. The van der Waals surface area contributed by atoms with E-state index in [0.29, 0.717) is 17.5 Å². The quantitative estimate of drug-likeness (QED) is 0.187. The van der Waals surface area contributed by atoms with Crippen LogP contribution in [0.4, 0.5) is 0 Å². The zero-order valence-corrected chi connectivity index (χ0v) is 26.7. The Kier molecular flexibility index (Phi) is 6.39. The normalized spacial score (nSPS) is 11.6. The molecule has 0 radical (unpaired) electrons. The van der Waals surface area contributed by atoms with E-state index in [1.54, 1.807) is 0 Å². The Morgan fingerprint density at radius 2 is 1.02 bits per heavy atom. The Balaban J connectivity index is 1.26. The molecule has 0 spiro atoms. The van der Waals surface area contributed by atoms with Gasteiger partial charge >= 0.3 is 0 Å². The average molecular weight is 642 g/mol. The molecule has 10 aromatic rings. The van der Waals surface area contributed by atoms with Crippen molar-refractivity contribution in [3.63, 3.8) is 0 Å². The Labute approximate surface area is 287 Å². The van der Waals surface area contributed by atoms with Gasteiger partial charge in [-0.1, -0.05) is 103 Å². The highest BCUT2D eigenvalue weighted by Gasteiger charge is 2.21. The molecule has 4 aromatic heterocycles. The molecule has 0 atom stereocenters. The van der Waals surface area contributed by atoms with Crippen molar-refractivity contribution in [3.8, 4) is 51.1 Å². The van der Waals surface area contributed by atoms with Crippen LogP contribution < -0.4 is 0 Å². The standard InChI is InChI=1S/C44H27N5O/c1-4-14-28(15-5-1)42-46-43(29-16-6-2-7-17-29)48-44(47-42)36-26-40-34(24-32(36)37-21-12-13-23-45-37)35-25-33-31-20-10-11-22-38(31)49(30-18-8-3-9-19-30)39(33)27-41(35)50-40/h1-27H. The second-order valence-electron chi connectivity index (χ2n) is 12.3. The van der Waals surface area contributed by atoms with Crippen LogP contribution in [0.1, 0.15) is 0 Å². The molecule has 6 aromatic carbocycles. The van der Waals surface area contributed by atoms with Gasteiger partial charge in [0, 0.05) is 61.7 Å². The molecular formula is C44H27N5O. The number of hydrogen-bond donors (Lipinski definition) is 0. The van der Waals surface area contributed by atoms with Crippen LogP contribution in [0.25, 0.3) is 94.9 Å². The summed E-state index contributed by atoms with van der Waals surface area (Å²) < 4.78 is 9.03. The maximum atomic E-state index is 6.73. The first kappa shape index (κ1) is 28.1. The fourth-order valence-electron chi connectivity index (χ4n) is 6.99. The van der Waals surface area contributed by atoms with E-state index in [0.717, 1.165) is 66.6 Å². The second kappa shape index (κ2) is 11.4. The summed E-state index contributed by atoms with van der Waals surface area (Å²) in [4.78, 5) is 19.8. The molecule has 4 heterocycles. The van der Waals surface area contributed by atoms with E-state index in [1.165, 1.54) is 10.8 Å². The third-order valence-corrected chi connectivity index (χ3v) is 9.30. The van der Waals surface area contributed by atoms with Crippen LogP contribution in [0.5, 0.6) is 0 Å². The van der Waals surface area contributed by atoms with E-state index in [2.05, 4.69) is 77.4 Å². The van der Waals surface area contributed by atoms with Gasteiger partial charge in [-0.15, -0.1) is 0 Å². The first-order valence-electron chi connectivity index (χ1n) is 16.6. The predicted molar refractivity (Wildman–Crippen MR) is 201 cm³/mol. The van der Waals surface area contributed by atoms with Crippen molar-refractivity contribution in [2.24, 2.45) is 0 Å². The summed E-state index contributed by atoms with van der Waals surface area (Å²) in [7, 11) is 0. The van der Waals surface area contributed by atoms with Crippen molar-refractivity contribution < 1.29 is 4.42 Å². The van der Waals surface area contributed by atoms with Crippen molar-refractivity contribution >= 4 is 43.7 Å². The number of furan rings is 1. The van der Waals surface area contributed by atoms with Gasteiger partial charge in [0.2, 0.25) is 0 Å². The number of pyridine rings is 1. The summed E-state index contributed by atoms with van der Waals surface area (Å²) in [6, 6.07) is 53.7. The molecular weight excluding hydrogens is 615 g/mol. The Morgan fingerprint density at radius 1 is 0.420 bits per heavy atom. The summed E-state index contributed by atoms with van der Waals surface area (Å²) in [5, 5.41) is 4.40. The topological polar surface area (TPSA) is 69.6 Å². The first-order valence-corrected chi connectivity index (χ1v) is 16.6. The van der Waals surface area contributed by atoms with E-state index in [4.69, 9.17) is 24.4 Å². The summed E-state index contributed by atoms with van der Waals surface area (Å²) in [6.07, 6.45) is 1.82. The van der Waals surface area contributed by atoms with Crippen molar-refractivity contribution in [3.05, 3.63) is 164 Å². The minimum Gasteiger partial charge on any atom is -0.456 e. The highest BCUT2D eigenvalue weighted by molar-refractivity contribution is 6.18. The maximum Gasteiger partial charge on any atom is 0.164 e. The summed E-state index contributed by atoms with van der Waals surface area (Å²) >= 11 is 0. The zero-order chi connectivity index (χ0) is 33.0. The molecule has 6 nitrogen and oxygen atoms in total. The Morgan fingerprint density at radius 3 is 1.72 bits per heavy atom. The smallest absolute Gasteiger partial charge is 0.164 e. The van der Waals surface area contributed by atoms with E-state index in [-0.39, 0.29) is 0 Å². The average Bonchev–Trinajstić information content (AvgIpc) is 3.71. The van der Waals surface area contributed by atoms with Crippen molar-refractivity contribution in [1.29, 1.82) is 0 Å². The molecule has 10 rings (SSSR count). The number of rotatable bonds is 5. The van der Waals surface area contributed by atoms with Crippen LogP contribution in [-0.2, 0) is 0 Å². The third-order valence-electron chi connectivity index (χ3n) is 9.30. The molecule has 0 N–H and O–H groups in total. The highest BCUT2D eigenvalue weighted by Crippen LogP contribution is 2.42. The number of aromatic nitrogens is 5. The molecule has 0 saturated carbocycles. The van der Waals surface area contributed by atoms with Crippen molar-refractivity contribution in [2.75, 3.05) is 0 Å². The monoisotopic (exact) mass is 641 g/mol. The fraction of sp³-hybridized carbons (Fsp3) is 0. The second-order valence-corrected chi connectivity index (χ2v) is 12.3. The van der Waals surface area contributed by atoms with Gasteiger partial charge in [-0.3, -0.25) is 4.98 Å². The van der Waals surface area contributed by atoms with Gasteiger partial charge < -0.3 is 8.98 Å². The zero-order valence-electron chi connectivity index (χ0n) is 26.7. The summed E-state index contributed by atoms with van der Waals surface area (Å²) in [5.74, 6) is 1.75. The molecule has 6 heteroatoms. The van der Waals surface area contributed by atoms with E-state index < -0.39 is 0 Å². The molecule has 0 bridgehead atoms. The van der Waals surface area contributed by atoms with Gasteiger partial charge in [0.1, 0.15) is 11.2 Å². The summed E-state index contributed by atoms with van der Waals surface area (Å²) in [6.45, 7) is 0.